The van der Waals surface area contributed by atoms with E-state index in [2.05, 4.69) is 9.93 Å². The number of hydrazone groups is 1. The van der Waals surface area contributed by atoms with Crippen molar-refractivity contribution in [1.29, 1.82) is 0 Å². The molecule has 2 aromatic carbocycles. The summed E-state index contributed by atoms with van der Waals surface area (Å²) in [5, 5.41) is 4.25. The summed E-state index contributed by atoms with van der Waals surface area (Å²) in [5.41, 5.74) is 1.97. The number of hydrogen-bond donors (Lipinski definition) is 1. The minimum atomic E-state index is -3.82. The van der Waals surface area contributed by atoms with Crippen LogP contribution in [0.4, 0.5) is 0 Å². The van der Waals surface area contributed by atoms with E-state index in [1.807, 2.05) is 33.8 Å². The zero-order chi connectivity index (χ0) is 21.8. The molecule has 0 atom stereocenters. The van der Waals surface area contributed by atoms with Gasteiger partial charge in [-0.05, 0) is 54.2 Å². The van der Waals surface area contributed by atoms with Gasteiger partial charge in [0.05, 0.1) is 29.8 Å². The fourth-order valence-corrected chi connectivity index (χ4v) is 4.01. The number of rotatable bonds is 7. The number of methoxy groups -OCH3 is 1. The fraction of sp³-hybridized carbons (Fsp3) is 0.381. The van der Waals surface area contributed by atoms with Crippen LogP contribution in [-0.2, 0) is 15.4 Å². The van der Waals surface area contributed by atoms with Crippen molar-refractivity contribution in [3.63, 3.8) is 0 Å². The highest BCUT2D eigenvalue weighted by Gasteiger charge is 2.21. The van der Waals surface area contributed by atoms with Crippen LogP contribution in [0.5, 0.6) is 11.5 Å². The van der Waals surface area contributed by atoms with Crippen LogP contribution in [0, 0.1) is 6.92 Å². The van der Waals surface area contributed by atoms with Gasteiger partial charge in [-0.1, -0.05) is 44.5 Å². The van der Waals surface area contributed by atoms with Gasteiger partial charge in [0.1, 0.15) is 0 Å². The van der Waals surface area contributed by atoms with Gasteiger partial charge in [-0.2, -0.15) is 13.5 Å². The topological polar surface area (TPSA) is 77.0 Å². The molecule has 2 aromatic rings. The number of nitrogens with zero attached hydrogens (tertiary/aromatic N) is 1. The number of ether oxygens (including phenoxy) is 2. The minimum Gasteiger partial charge on any atom is -0.493 e. The van der Waals surface area contributed by atoms with E-state index in [0.717, 1.165) is 5.56 Å². The molecule has 8 heteroatoms. The SMILES string of the molecule is CCOc1c(Cl)cc(/C=N/NS(=O)(=O)c2cc(C(C)(C)C)ccc2C)cc1OC. The van der Waals surface area contributed by atoms with Crippen LogP contribution in [0.25, 0.3) is 0 Å². The molecule has 0 bridgehead atoms. The molecule has 0 aliphatic rings. The molecule has 0 heterocycles. The van der Waals surface area contributed by atoms with Crippen LogP contribution in [-0.4, -0.2) is 28.3 Å². The van der Waals surface area contributed by atoms with Crippen molar-refractivity contribution in [3.05, 3.63) is 52.0 Å². The third-order valence-corrected chi connectivity index (χ3v) is 5.92. The molecule has 158 valence electrons. The molecule has 0 fully saturated rings. The average Bonchev–Trinajstić information content (AvgIpc) is 2.62. The van der Waals surface area contributed by atoms with Gasteiger partial charge in [0, 0.05) is 0 Å². The Morgan fingerprint density at radius 3 is 2.48 bits per heavy atom. The number of nitrogens with one attached hydrogen (secondary N) is 1. The number of sulfonamides is 1. The zero-order valence-corrected chi connectivity index (χ0v) is 19.1. The molecule has 0 amide bonds. The normalized spacial score (nSPS) is 12.2. The second-order valence-electron chi connectivity index (χ2n) is 7.55. The number of aryl methyl sites for hydroxylation is 1. The molecule has 0 aliphatic carbocycles. The highest BCUT2D eigenvalue weighted by Crippen LogP contribution is 2.36. The quantitative estimate of drug-likeness (QED) is 0.503. The monoisotopic (exact) mass is 438 g/mol. The fourth-order valence-electron chi connectivity index (χ4n) is 2.67. The molecule has 29 heavy (non-hydrogen) atoms. The second-order valence-corrected chi connectivity index (χ2v) is 9.59. The second kappa shape index (κ2) is 9.05. The highest BCUT2D eigenvalue weighted by atomic mass is 35.5. The van der Waals surface area contributed by atoms with Gasteiger partial charge >= 0.3 is 0 Å². The summed E-state index contributed by atoms with van der Waals surface area (Å²) in [4.78, 5) is 2.47. The highest BCUT2D eigenvalue weighted by molar-refractivity contribution is 7.89. The van der Waals surface area contributed by atoms with E-state index in [4.69, 9.17) is 21.1 Å². The Morgan fingerprint density at radius 2 is 1.90 bits per heavy atom. The van der Waals surface area contributed by atoms with Crippen LogP contribution in [0.15, 0.2) is 40.3 Å². The Balaban J connectivity index is 2.29. The average molecular weight is 439 g/mol. The molecule has 6 nitrogen and oxygen atoms in total. The van der Waals surface area contributed by atoms with Crippen molar-refractivity contribution >= 4 is 27.8 Å². The van der Waals surface area contributed by atoms with E-state index in [1.165, 1.54) is 13.3 Å². The Labute approximate surface area is 177 Å². The molecule has 0 radical (unpaired) electrons. The number of hydrogen-bond acceptors (Lipinski definition) is 5. The maximum Gasteiger partial charge on any atom is 0.276 e. The van der Waals surface area contributed by atoms with Crippen molar-refractivity contribution in [3.8, 4) is 11.5 Å². The van der Waals surface area contributed by atoms with E-state index >= 15 is 0 Å². The molecule has 0 aromatic heterocycles. The molecule has 0 saturated heterocycles. The molecular formula is C21H27ClN2O4S. The van der Waals surface area contributed by atoms with Gasteiger partial charge in [-0.25, -0.2) is 4.83 Å². The van der Waals surface area contributed by atoms with E-state index in [9.17, 15) is 8.42 Å². The maximum atomic E-state index is 12.8. The first-order valence-electron chi connectivity index (χ1n) is 9.16. The molecular weight excluding hydrogens is 412 g/mol. The molecule has 0 unspecified atom stereocenters. The third-order valence-electron chi connectivity index (χ3n) is 4.27. The van der Waals surface area contributed by atoms with Crippen LogP contribution < -0.4 is 14.3 Å². The van der Waals surface area contributed by atoms with Gasteiger partial charge in [0.15, 0.2) is 11.5 Å². The molecule has 0 spiro atoms. The summed E-state index contributed by atoms with van der Waals surface area (Å²) in [6, 6.07) is 8.71. The minimum absolute atomic E-state index is 0.170. The lowest BCUT2D eigenvalue weighted by Gasteiger charge is -2.20. The van der Waals surface area contributed by atoms with E-state index in [1.54, 1.807) is 31.2 Å². The predicted octanol–water partition coefficient (Wildman–Crippen LogP) is 4.67. The molecule has 1 N–H and O–H groups in total. The molecule has 2 rings (SSSR count). The first-order valence-corrected chi connectivity index (χ1v) is 11.0. The first-order chi connectivity index (χ1) is 13.5. The molecule has 0 aliphatic heterocycles. The summed E-state index contributed by atoms with van der Waals surface area (Å²) in [5.74, 6) is 0.876. The van der Waals surface area contributed by atoms with Crippen LogP contribution in [0.1, 0.15) is 44.4 Å². The van der Waals surface area contributed by atoms with Crippen molar-refractivity contribution in [2.24, 2.45) is 5.10 Å². The van der Waals surface area contributed by atoms with Crippen molar-refractivity contribution in [2.45, 2.75) is 44.9 Å². The van der Waals surface area contributed by atoms with Crippen molar-refractivity contribution in [2.75, 3.05) is 13.7 Å². The van der Waals surface area contributed by atoms with Gasteiger partial charge < -0.3 is 9.47 Å². The van der Waals surface area contributed by atoms with Gasteiger partial charge in [-0.3, -0.25) is 0 Å². The lowest BCUT2D eigenvalue weighted by Crippen LogP contribution is -2.21. The van der Waals surface area contributed by atoms with Crippen molar-refractivity contribution < 1.29 is 17.9 Å². The van der Waals surface area contributed by atoms with Gasteiger partial charge in [0.2, 0.25) is 0 Å². The van der Waals surface area contributed by atoms with E-state index < -0.39 is 10.0 Å². The summed E-state index contributed by atoms with van der Waals surface area (Å²) >= 11 is 6.23. The summed E-state index contributed by atoms with van der Waals surface area (Å²) in [6.45, 7) is 10.1. The Hall–Kier alpha value is -2.25. The predicted molar refractivity (Wildman–Crippen MR) is 117 cm³/mol. The summed E-state index contributed by atoms with van der Waals surface area (Å²) in [7, 11) is -2.32. The first kappa shape index (κ1) is 23.0. The van der Waals surface area contributed by atoms with Gasteiger partial charge in [0.25, 0.3) is 10.0 Å². The summed E-state index contributed by atoms with van der Waals surface area (Å²) in [6.07, 6.45) is 1.37. The Bertz CT molecular complexity index is 1010. The zero-order valence-electron chi connectivity index (χ0n) is 17.5. The smallest absolute Gasteiger partial charge is 0.276 e. The van der Waals surface area contributed by atoms with Crippen LogP contribution >= 0.6 is 11.6 Å². The molecule has 0 saturated carbocycles. The lowest BCUT2D eigenvalue weighted by molar-refractivity contribution is 0.311. The van der Waals surface area contributed by atoms with Crippen molar-refractivity contribution in [1.82, 2.24) is 4.83 Å². The number of halogens is 1. The van der Waals surface area contributed by atoms with Crippen LogP contribution in [0.3, 0.4) is 0 Å². The number of benzene rings is 2. The Morgan fingerprint density at radius 1 is 1.21 bits per heavy atom. The maximum absolute atomic E-state index is 12.8. The van der Waals surface area contributed by atoms with E-state index in [0.29, 0.717) is 34.3 Å². The largest absolute Gasteiger partial charge is 0.493 e. The lowest BCUT2D eigenvalue weighted by atomic mass is 9.87. The van der Waals surface area contributed by atoms with E-state index in [-0.39, 0.29) is 10.3 Å². The standard InChI is InChI=1S/C21H27ClN2O4S/c1-7-28-20-17(22)10-15(11-18(20)27-6)13-23-24-29(25,26)19-12-16(21(3,4)5)9-8-14(19)2/h8-13,24H,7H2,1-6H3/b23-13+. The Kier molecular flexibility index (Phi) is 7.19. The van der Waals surface area contributed by atoms with Crippen LogP contribution in [0.2, 0.25) is 5.02 Å². The summed E-state index contributed by atoms with van der Waals surface area (Å²) < 4.78 is 36.3. The van der Waals surface area contributed by atoms with Gasteiger partial charge in [-0.15, -0.1) is 0 Å². The third kappa shape index (κ3) is 5.64.